The number of nitrogens with zero attached hydrogens (tertiary/aromatic N) is 2. The average Bonchev–Trinajstić information content (AvgIpc) is 3.32. The lowest BCUT2D eigenvalue weighted by molar-refractivity contribution is 0.114. The first-order valence-corrected chi connectivity index (χ1v) is 8.08. The van der Waals surface area contributed by atoms with Crippen molar-refractivity contribution < 1.29 is 5.11 Å². The normalized spacial score (nSPS) is 16.1. The number of aromatic nitrogens is 2. The maximum atomic E-state index is 10.3. The number of rotatable bonds is 8. The monoisotopic (exact) mass is 292 g/mol. The zero-order valence-electron chi connectivity index (χ0n) is 13.6. The van der Waals surface area contributed by atoms with Gasteiger partial charge in [0.05, 0.1) is 6.10 Å². The van der Waals surface area contributed by atoms with Gasteiger partial charge in [-0.25, -0.2) is 9.97 Å². The topological polar surface area (TPSA) is 70.1 Å². The summed E-state index contributed by atoms with van der Waals surface area (Å²) in [4.78, 5) is 9.24. The van der Waals surface area contributed by atoms with Crippen molar-refractivity contribution in [2.24, 2.45) is 5.92 Å². The van der Waals surface area contributed by atoms with Crippen LogP contribution in [0.5, 0.6) is 0 Å². The summed E-state index contributed by atoms with van der Waals surface area (Å²) in [5.74, 6) is 3.51. The van der Waals surface area contributed by atoms with Crippen LogP contribution in [-0.4, -0.2) is 34.8 Å². The van der Waals surface area contributed by atoms with Gasteiger partial charge in [0.2, 0.25) is 0 Å². The van der Waals surface area contributed by atoms with E-state index in [9.17, 15) is 5.11 Å². The van der Waals surface area contributed by atoms with Gasteiger partial charge in [0.15, 0.2) is 0 Å². The highest BCUT2D eigenvalue weighted by molar-refractivity contribution is 5.57. The molecule has 1 aliphatic rings. The summed E-state index contributed by atoms with van der Waals surface area (Å²) in [5.41, 5.74) is 1.01. The van der Waals surface area contributed by atoms with Crippen molar-refractivity contribution in [2.75, 3.05) is 24.2 Å². The Hall–Kier alpha value is -1.36. The lowest BCUT2D eigenvalue weighted by Gasteiger charge is -2.21. The second kappa shape index (κ2) is 7.07. The summed E-state index contributed by atoms with van der Waals surface area (Å²) in [7, 11) is 1.88. The Morgan fingerprint density at radius 2 is 1.81 bits per heavy atom. The van der Waals surface area contributed by atoms with E-state index in [1.165, 1.54) is 12.8 Å². The maximum Gasteiger partial charge on any atom is 0.136 e. The molecule has 5 heteroatoms. The first-order valence-electron chi connectivity index (χ1n) is 8.08. The van der Waals surface area contributed by atoms with Crippen LogP contribution in [-0.2, 0) is 0 Å². The third kappa shape index (κ3) is 3.84. The van der Waals surface area contributed by atoms with Crippen LogP contribution < -0.4 is 10.6 Å². The van der Waals surface area contributed by atoms with Gasteiger partial charge in [-0.3, -0.25) is 0 Å². The molecular formula is C16H28N4O. The van der Waals surface area contributed by atoms with E-state index < -0.39 is 0 Å². The molecule has 5 nitrogen and oxygen atoms in total. The largest absolute Gasteiger partial charge is 0.391 e. The molecule has 1 aromatic heterocycles. The van der Waals surface area contributed by atoms with Crippen molar-refractivity contribution in [3.63, 3.8) is 0 Å². The quantitative estimate of drug-likeness (QED) is 0.687. The number of anilines is 2. The highest BCUT2D eigenvalue weighted by Gasteiger charge is 2.28. The Bertz CT molecular complexity index is 470. The number of hydrogen-bond acceptors (Lipinski definition) is 5. The van der Waals surface area contributed by atoms with Crippen molar-refractivity contribution in [1.82, 2.24) is 9.97 Å². The average molecular weight is 292 g/mol. The van der Waals surface area contributed by atoms with Gasteiger partial charge >= 0.3 is 0 Å². The van der Waals surface area contributed by atoms with Crippen LogP contribution in [0.25, 0.3) is 0 Å². The fourth-order valence-electron chi connectivity index (χ4n) is 2.67. The van der Waals surface area contributed by atoms with E-state index in [0.29, 0.717) is 18.4 Å². The molecule has 1 fully saturated rings. The molecule has 1 unspecified atom stereocenters. The molecule has 1 heterocycles. The Morgan fingerprint density at radius 1 is 1.19 bits per heavy atom. The van der Waals surface area contributed by atoms with Crippen LogP contribution in [0.15, 0.2) is 0 Å². The van der Waals surface area contributed by atoms with Gasteiger partial charge in [-0.05, 0) is 25.7 Å². The Balaban J connectivity index is 2.09. The van der Waals surface area contributed by atoms with Crippen LogP contribution in [0.4, 0.5) is 11.6 Å². The highest BCUT2D eigenvalue weighted by atomic mass is 16.3. The van der Waals surface area contributed by atoms with Crippen LogP contribution in [0.1, 0.15) is 56.8 Å². The number of aliphatic hydroxyl groups is 1. The lowest BCUT2D eigenvalue weighted by Crippen LogP contribution is -2.28. The zero-order valence-corrected chi connectivity index (χ0v) is 13.6. The van der Waals surface area contributed by atoms with E-state index in [4.69, 9.17) is 0 Å². The van der Waals surface area contributed by atoms with E-state index >= 15 is 0 Å². The van der Waals surface area contributed by atoms with Gasteiger partial charge in [-0.1, -0.05) is 26.7 Å². The molecule has 0 bridgehead atoms. The molecule has 0 aliphatic heterocycles. The Kier molecular flexibility index (Phi) is 5.39. The SMILES string of the molecule is CCC(CC)C(O)CNc1nc(C2CC2)nc(NC)c1C. The van der Waals surface area contributed by atoms with E-state index in [1.807, 2.05) is 14.0 Å². The van der Waals surface area contributed by atoms with Gasteiger partial charge in [0, 0.05) is 25.1 Å². The minimum absolute atomic E-state index is 0.336. The lowest BCUT2D eigenvalue weighted by atomic mass is 9.96. The van der Waals surface area contributed by atoms with Crippen LogP contribution >= 0.6 is 0 Å². The number of aliphatic hydroxyl groups excluding tert-OH is 1. The third-order valence-corrected chi connectivity index (χ3v) is 4.41. The second-order valence-electron chi connectivity index (χ2n) is 5.95. The van der Waals surface area contributed by atoms with Gasteiger partial charge in [0.25, 0.3) is 0 Å². The first kappa shape index (κ1) is 16.0. The molecule has 1 aromatic rings. The number of hydrogen-bond donors (Lipinski definition) is 3. The van der Waals surface area contributed by atoms with E-state index in [1.54, 1.807) is 0 Å². The van der Waals surface area contributed by atoms with Crippen molar-refractivity contribution in [3.8, 4) is 0 Å². The number of nitrogens with one attached hydrogen (secondary N) is 2. The summed E-state index contributed by atoms with van der Waals surface area (Å²) in [6.07, 6.45) is 4.02. The van der Waals surface area contributed by atoms with E-state index in [-0.39, 0.29) is 6.10 Å². The Morgan fingerprint density at radius 3 is 2.33 bits per heavy atom. The first-order chi connectivity index (χ1) is 10.1. The summed E-state index contributed by atoms with van der Waals surface area (Å²) >= 11 is 0. The third-order valence-electron chi connectivity index (χ3n) is 4.41. The van der Waals surface area contributed by atoms with Crippen molar-refractivity contribution in [1.29, 1.82) is 0 Å². The predicted molar refractivity (Wildman–Crippen MR) is 86.9 cm³/mol. The molecular weight excluding hydrogens is 264 g/mol. The van der Waals surface area contributed by atoms with Gasteiger partial charge in [-0.2, -0.15) is 0 Å². The molecule has 0 amide bonds. The molecule has 2 rings (SSSR count). The second-order valence-corrected chi connectivity index (χ2v) is 5.95. The molecule has 0 saturated heterocycles. The highest BCUT2D eigenvalue weighted by Crippen LogP contribution is 2.39. The smallest absolute Gasteiger partial charge is 0.136 e. The molecule has 118 valence electrons. The molecule has 1 saturated carbocycles. The molecule has 0 aromatic carbocycles. The van der Waals surface area contributed by atoms with Crippen molar-refractivity contribution in [3.05, 3.63) is 11.4 Å². The molecule has 0 radical (unpaired) electrons. The molecule has 0 spiro atoms. The van der Waals surface area contributed by atoms with Gasteiger partial charge < -0.3 is 15.7 Å². The standard InChI is InChI=1S/C16H28N4O/c1-5-11(6-2)13(21)9-18-15-10(3)14(17-4)19-16(20-15)12-7-8-12/h11-13,21H,5-9H2,1-4H3,(H2,17,18,19,20). The predicted octanol–water partition coefficient (Wildman–Crippen LogP) is 2.91. The minimum atomic E-state index is -0.336. The van der Waals surface area contributed by atoms with Crippen LogP contribution in [0.3, 0.4) is 0 Å². The molecule has 3 N–H and O–H groups in total. The van der Waals surface area contributed by atoms with Crippen molar-refractivity contribution in [2.45, 2.75) is 58.5 Å². The summed E-state index contributed by atoms with van der Waals surface area (Å²) in [6, 6.07) is 0. The fourth-order valence-corrected chi connectivity index (χ4v) is 2.67. The van der Waals surface area contributed by atoms with E-state index in [0.717, 1.165) is 35.9 Å². The van der Waals surface area contributed by atoms with Crippen LogP contribution in [0.2, 0.25) is 0 Å². The summed E-state index contributed by atoms with van der Waals surface area (Å²) in [6.45, 7) is 6.79. The summed E-state index contributed by atoms with van der Waals surface area (Å²) in [5, 5.41) is 16.7. The molecule has 1 aliphatic carbocycles. The van der Waals surface area contributed by atoms with E-state index in [2.05, 4.69) is 34.4 Å². The summed E-state index contributed by atoms with van der Waals surface area (Å²) < 4.78 is 0. The maximum absolute atomic E-state index is 10.3. The molecule has 1 atom stereocenters. The van der Waals surface area contributed by atoms with Gasteiger partial charge in [-0.15, -0.1) is 0 Å². The Labute approximate surface area is 127 Å². The minimum Gasteiger partial charge on any atom is -0.391 e. The molecule has 21 heavy (non-hydrogen) atoms. The van der Waals surface area contributed by atoms with Crippen molar-refractivity contribution >= 4 is 11.6 Å². The fraction of sp³-hybridized carbons (Fsp3) is 0.750. The van der Waals surface area contributed by atoms with Crippen LogP contribution in [0, 0.1) is 12.8 Å². The van der Waals surface area contributed by atoms with Gasteiger partial charge in [0.1, 0.15) is 17.5 Å². The zero-order chi connectivity index (χ0) is 15.4.